The van der Waals surface area contributed by atoms with Gasteiger partial charge in [-0.15, -0.1) is 0 Å². The van der Waals surface area contributed by atoms with Gasteiger partial charge in [0.15, 0.2) is 0 Å². The van der Waals surface area contributed by atoms with Gasteiger partial charge in [0.2, 0.25) is 0 Å². The summed E-state index contributed by atoms with van der Waals surface area (Å²) in [5.74, 6) is -0.469. The summed E-state index contributed by atoms with van der Waals surface area (Å²) in [6.45, 7) is 1.88. The molecular weight excluding hydrogens is 253 g/mol. The molecule has 0 aliphatic carbocycles. The van der Waals surface area contributed by atoms with Gasteiger partial charge in [-0.25, -0.2) is 4.39 Å². The Morgan fingerprint density at radius 1 is 1.33 bits per heavy atom. The summed E-state index contributed by atoms with van der Waals surface area (Å²) in [4.78, 5) is 4.12. The Bertz CT molecular complexity index is 542. The predicted octanol–water partition coefficient (Wildman–Crippen LogP) is 3.46. The van der Waals surface area contributed by atoms with Crippen LogP contribution in [0.25, 0.3) is 0 Å². The quantitative estimate of drug-likeness (QED) is 0.922. The topological polar surface area (TPSA) is 33.1 Å². The van der Waals surface area contributed by atoms with Crippen molar-refractivity contribution in [1.29, 1.82) is 0 Å². The largest absolute Gasteiger partial charge is 0.388 e. The lowest BCUT2D eigenvalue weighted by molar-refractivity contribution is 0.178. The van der Waals surface area contributed by atoms with Gasteiger partial charge in [-0.3, -0.25) is 4.98 Å². The second-order valence-electron chi connectivity index (χ2n) is 4.20. The third-order valence-electron chi connectivity index (χ3n) is 2.73. The van der Waals surface area contributed by atoms with Crippen LogP contribution in [-0.4, -0.2) is 10.1 Å². The number of benzene rings is 1. The number of aliphatic hydroxyl groups is 1. The molecule has 0 radical (unpaired) electrons. The molecule has 4 heteroatoms. The molecule has 0 saturated carbocycles. The summed E-state index contributed by atoms with van der Waals surface area (Å²) in [6.07, 6.45) is 1.27. The van der Waals surface area contributed by atoms with E-state index < -0.39 is 11.9 Å². The molecule has 1 aromatic heterocycles. The van der Waals surface area contributed by atoms with E-state index >= 15 is 0 Å². The van der Waals surface area contributed by atoms with Crippen molar-refractivity contribution in [3.8, 4) is 0 Å². The number of halogens is 2. The van der Waals surface area contributed by atoms with Crippen molar-refractivity contribution >= 4 is 11.6 Å². The van der Waals surface area contributed by atoms with Crippen molar-refractivity contribution in [3.63, 3.8) is 0 Å². The molecule has 1 N–H and O–H groups in total. The molecule has 0 aliphatic heterocycles. The summed E-state index contributed by atoms with van der Waals surface area (Å²) in [6, 6.07) is 8.19. The summed E-state index contributed by atoms with van der Waals surface area (Å²) < 4.78 is 13.3. The van der Waals surface area contributed by atoms with E-state index in [0.717, 1.165) is 11.3 Å². The molecule has 94 valence electrons. The molecule has 0 saturated heterocycles. The van der Waals surface area contributed by atoms with E-state index in [4.69, 9.17) is 11.6 Å². The second kappa shape index (κ2) is 5.46. The number of rotatable bonds is 3. The van der Waals surface area contributed by atoms with Gasteiger partial charge in [-0.1, -0.05) is 23.7 Å². The highest BCUT2D eigenvalue weighted by Crippen LogP contribution is 2.21. The number of pyridine rings is 1. The lowest BCUT2D eigenvalue weighted by Crippen LogP contribution is -2.03. The molecule has 2 rings (SSSR count). The molecule has 1 heterocycles. The maximum absolute atomic E-state index is 13.3. The van der Waals surface area contributed by atoms with Gasteiger partial charge in [0.05, 0.1) is 11.1 Å². The second-order valence-corrected chi connectivity index (χ2v) is 4.61. The zero-order valence-electron chi connectivity index (χ0n) is 9.90. The number of aromatic nitrogens is 1. The first-order valence-electron chi connectivity index (χ1n) is 5.61. The third kappa shape index (κ3) is 3.06. The van der Waals surface area contributed by atoms with Crippen LogP contribution >= 0.6 is 11.6 Å². The fourth-order valence-electron chi connectivity index (χ4n) is 1.68. The van der Waals surface area contributed by atoms with Crippen LogP contribution in [0.3, 0.4) is 0 Å². The maximum Gasteiger partial charge on any atom is 0.142 e. The first-order chi connectivity index (χ1) is 8.56. The van der Waals surface area contributed by atoms with E-state index in [1.54, 1.807) is 12.3 Å². The average Bonchev–Trinajstić information content (AvgIpc) is 2.34. The van der Waals surface area contributed by atoms with Gasteiger partial charge < -0.3 is 5.11 Å². The minimum absolute atomic E-state index is 0.0882. The summed E-state index contributed by atoms with van der Waals surface area (Å²) in [5.41, 5.74) is 2.31. The van der Waals surface area contributed by atoms with Crippen LogP contribution in [0.1, 0.15) is 22.9 Å². The number of nitrogens with zero attached hydrogens (tertiary/aromatic N) is 1. The van der Waals surface area contributed by atoms with Crippen molar-refractivity contribution in [1.82, 2.24) is 4.98 Å². The van der Waals surface area contributed by atoms with Crippen molar-refractivity contribution < 1.29 is 9.50 Å². The number of aryl methyl sites for hydroxylation is 1. The first kappa shape index (κ1) is 13.0. The summed E-state index contributed by atoms with van der Waals surface area (Å²) in [7, 11) is 0. The standard InChI is InChI=1S/C14H13ClFNO/c1-9-2-4-11(8-17-9)14(18)7-10-3-5-12(15)13(16)6-10/h2-6,8,14,18H,7H2,1H3. The Balaban J connectivity index is 2.13. The van der Waals surface area contributed by atoms with E-state index in [-0.39, 0.29) is 5.02 Å². The van der Waals surface area contributed by atoms with Gasteiger partial charge in [0.1, 0.15) is 5.82 Å². The van der Waals surface area contributed by atoms with E-state index in [1.165, 1.54) is 12.1 Å². The molecule has 0 aliphatic rings. The van der Waals surface area contributed by atoms with Crippen molar-refractivity contribution in [3.05, 3.63) is 64.2 Å². The van der Waals surface area contributed by atoms with Crippen molar-refractivity contribution in [2.75, 3.05) is 0 Å². The van der Waals surface area contributed by atoms with Crippen LogP contribution in [-0.2, 0) is 6.42 Å². The molecule has 2 aromatic rings. The van der Waals surface area contributed by atoms with Crippen LogP contribution < -0.4 is 0 Å². The van der Waals surface area contributed by atoms with E-state index in [0.29, 0.717) is 12.0 Å². The molecule has 0 amide bonds. The maximum atomic E-state index is 13.3. The summed E-state index contributed by atoms with van der Waals surface area (Å²) >= 11 is 5.60. The molecule has 0 spiro atoms. The molecule has 1 aromatic carbocycles. The van der Waals surface area contributed by atoms with E-state index in [2.05, 4.69) is 4.98 Å². The molecule has 0 fully saturated rings. The summed E-state index contributed by atoms with van der Waals surface area (Å²) in [5, 5.41) is 10.1. The van der Waals surface area contributed by atoms with Crippen LogP contribution in [0.5, 0.6) is 0 Å². The SMILES string of the molecule is Cc1ccc(C(O)Cc2ccc(Cl)c(F)c2)cn1. The molecular formula is C14H13ClFNO. The van der Waals surface area contributed by atoms with Crippen LogP contribution in [0, 0.1) is 12.7 Å². The molecule has 0 bridgehead atoms. The normalized spacial score (nSPS) is 12.4. The van der Waals surface area contributed by atoms with E-state index in [9.17, 15) is 9.50 Å². The smallest absolute Gasteiger partial charge is 0.142 e. The number of aliphatic hydroxyl groups excluding tert-OH is 1. The van der Waals surface area contributed by atoms with Crippen molar-refractivity contribution in [2.24, 2.45) is 0 Å². The molecule has 1 atom stereocenters. The fourth-order valence-corrected chi connectivity index (χ4v) is 1.80. The lowest BCUT2D eigenvalue weighted by atomic mass is 10.0. The highest BCUT2D eigenvalue weighted by molar-refractivity contribution is 6.30. The van der Waals surface area contributed by atoms with Crippen LogP contribution in [0.2, 0.25) is 5.02 Å². The Kier molecular flexibility index (Phi) is 3.94. The Hall–Kier alpha value is -1.45. The third-order valence-corrected chi connectivity index (χ3v) is 3.04. The zero-order chi connectivity index (χ0) is 13.1. The number of hydrogen-bond acceptors (Lipinski definition) is 2. The number of hydrogen-bond donors (Lipinski definition) is 1. The first-order valence-corrected chi connectivity index (χ1v) is 5.98. The Morgan fingerprint density at radius 2 is 2.11 bits per heavy atom. The Morgan fingerprint density at radius 3 is 2.72 bits per heavy atom. The molecule has 18 heavy (non-hydrogen) atoms. The van der Waals surface area contributed by atoms with Gasteiger partial charge in [0.25, 0.3) is 0 Å². The minimum atomic E-state index is -0.696. The molecule has 1 unspecified atom stereocenters. The Labute approximate surface area is 110 Å². The van der Waals surface area contributed by atoms with Gasteiger partial charge >= 0.3 is 0 Å². The predicted molar refractivity (Wildman–Crippen MR) is 69.0 cm³/mol. The zero-order valence-corrected chi connectivity index (χ0v) is 10.7. The monoisotopic (exact) mass is 265 g/mol. The lowest BCUT2D eigenvalue weighted by Gasteiger charge is -2.11. The van der Waals surface area contributed by atoms with Gasteiger partial charge in [0, 0.05) is 18.3 Å². The van der Waals surface area contributed by atoms with E-state index in [1.807, 2.05) is 19.1 Å². The highest BCUT2D eigenvalue weighted by Gasteiger charge is 2.10. The minimum Gasteiger partial charge on any atom is -0.388 e. The van der Waals surface area contributed by atoms with Crippen LogP contribution in [0.15, 0.2) is 36.5 Å². The van der Waals surface area contributed by atoms with Gasteiger partial charge in [-0.05, 0) is 36.2 Å². The fraction of sp³-hybridized carbons (Fsp3) is 0.214. The average molecular weight is 266 g/mol. The van der Waals surface area contributed by atoms with Crippen LogP contribution in [0.4, 0.5) is 4.39 Å². The highest BCUT2D eigenvalue weighted by atomic mass is 35.5. The molecule has 2 nitrogen and oxygen atoms in total. The van der Waals surface area contributed by atoms with Gasteiger partial charge in [-0.2, -0.15) is 0 Å². The van der Waals surface area contributed by atoms with Crippen molar-refractivity contribution in [2.45, 2.75) is 19.4 Å².